The van der Waals surface area contributed by atoms with Crippen molar-refractivity contribution in [3.05, 3.63) is 16.6 Å². The highest BCUT2D eigenvalue weighted by molar-refractivity contribution is 9.10. The SMILES string of the molecule is F[C@H]1CN(CCCOc2ccc3c(nnn3CC3CC3)c2Br)C[C@@H]1F. The third-order valence-corrected chi connectivity index (χ3v) is 5.62. The molecule has 2 heterocycles. The average Bonchev–Trinajstić information content (AvgIpc) is 3.22. The second-order valence-electron chi connectivity index (χ2n) is 6.95. The van der Waals surface area contributed by atoms with E-state index in [9.17, 15) is 8.78 Å². The maximum atomic E-state index is 13.2. The molecule has 0 N–H and O–H groups in total. The second-order valence-corrected chi connectivity index (χ2v) is 7.75. The lowest BCUT2D eigenvalue weighted by atomic mass is 10.3. The monoisotopic (exact) mass is 414 g/mol. The number of alkyl halides is 2. The number of fused-ring (bicyclic) bond motifs is 1. The molecule has 2 fully saturated rings. The molecule has 2 aromatic rings. The molecule has 1 aliphatic carbocycles. The zero-order chi connectivity index (χ0) is 17.4. The van der Waals surface area contributed by atoms with E-state index >= 15 is 0 Å². The van der Waals surface area contributed by atoms with Crippen molar-refractivity contribution >= 4 is 27.0 Å². The summed E-state index contributed by atoms with van der Waals surface area (Å²) in [5.74, 6) is 1.46. The van der Waals surface area contributed by atoms with Crippen LogP contribution in [0.4, 0.5) is 8.78 Å². The second kappa shape index (κ2) is 7.15. The van der Waals surface area contributed by atoms with Crippen molar-refractivity contribution in [1.29, 1.82) is 0 Å². The summed E-state index contributed by atoms with van der Waals surface area (Å²) in [7, 11) is 0. The summed E-state index contributed by atoms with van der Waals surface area (Å²) in [6, 6.07) is 3.91. The third kappa shape index (κ3) is 3.79. The largest absolute Gasteiger partial charge is 0.492 e. The fourth-order valence-electron chi connectivity index (χ4n) is 3.23. The number of nitrogens with zero attached hydrogens (tertiary/aromatic N) is 4. The highest BCUT2D eigenvalue weighted by atomic mass is 79.9. The fraction of sp³-hybridized carbons (Fsp3) is 0.647. The highest BCUT2D eigenvalue weighted by Gasteiger charge is 2.32. The van der Waals surface area contributed by atoms with E-state index in [-0.39, 0.29) is 13.1 Å². The molecule has 0 radical (unpaired) electrons. The molecule has 1 saturated carbocycles. The van der Waals surface area contributed by atoms with Crippen molar-refractivity contribution in [3.63, 3.8) is 0 Å². The van der Waals surface area contributed by atoms with Gasteiger partial charge in [-0.1, -0.05) is 5.21 Å². The molecule has 25 heavy (non-hydrogen) atoms. The summed E-state index contributed by atoms with van der Waals surface area (Å²) >= 11 is 3.56. The lowest BCUT2D eigenvalue weighted by molar-refractivity contribution is 0.217. The molecule has 2 atom stereocenters. The summed E-state index contributed by atoms with van der Waals surface area (Å²) < 4.78 is 34.9. The molecule has 1 aromatic heterocycles. The van der Waals surface area contributed by atoms with E-state index < -0.39 is 12.3 Å². The molecule has 0 unspecified atom stereocenters. The molecule has 0 spiro atoms. The van der Waals surface area contributed by atoms with Gasteiger partial charge in [0.15, 0.2) is 0 Å². The van der Waals surface area contributed by atoms with Gasteiger partial charge in [0.25, 0.3) is 0 Å². The van der Waals surface area contributed by atoms with Crippen LogP contribution in [0.15, 0.2) is 16.6 Å². The summed E-state index contributed by atoms with van der Waals surface area (Å²) in [5.41, 5.74) is 1.81. The lowest BCUT2D eigenvalue weighted by Crippen LogP contribution is -2.24. The van der Waals surface area contributed by atoms with Crippen LogP contribution in [-0.2, 0) is 6.54 Å². The summed E-state index contributed by atoms with van der Waals surface area (Å²) in [6.07, 6.45) is 0.560. The van der Waals surface area contributed by atoms with Crippen LogP contribution in [0, 0.1) is 5.92 Å². The zero-order valence-electron chi connectivity index (χ0n) is 13.9. The molecule has 5 nitrogen and oxygen atoms in total. The number of benzene rings is 1. The van der Waals surface area contributed by atoms with Crippen LogP contribution >= 0.6 is 15.9 Å². The Bertz CT molecular complexity index is 742. The quantitative estimate of drug-likeness (QED) is 0.651. The number of aromatic nitrogens is 3. The van der Waals surface area contributed by atoms with E-state index in [1.54, 1.807) is 4.90 Å². The van der Waals surface area contributed by atoms with E-state index in [0.717, 1.165) is 40.1 Å². The molecule has 2 aliphatic rings. The van der Waals surface area contributed by atoms with Gasteiger partial charge in [-0.3, -0.25) is 4.90 Å². The Kier molecular flexibility index (Phi) is 4.90. The molecule has 1 aromatic carbocycles. The van der Waals surface area contributed by atoms with Crippen LogP contribution in [0.25, 0.3) is 11.0 Å². The van der Waals surface area contributed by atoms with E-state index in [4.69, 9.17) is 4.74 Å². The predicted molar refractivity (Wildman–Crippen MR) is 94.3 cm³/mol. The van der Waals surface area contributed by atoms with Crippen molar-refractivity contribution in [1.82, 2.24) is 19.9 Å². The van der Waals surface area contributed by atoms with Crippen LogP contribution < -0.4 is 4.74 Å². The standard InChI is InChI=1S/C17H21BrF2N4O/c18-16-15(25-7-1-6-23-9-12(19)13(20)10-23)5-4-14-17(16)21-22-24(14)8-11-2-3-11/h4-5,11-13H,1-3,6-10H2/t12-,13-/m0/s1. The number of hydrogen-bond acceptors (Lipinski definition) is 4. The summed E-state index contributed by atoms with van der Waals surface area (Å²) in [5, 5.41) is 8.51. The molecule has 136 valence electrons. The smallest absolute Gasteiger partial charge is 0.145 e. The Morgan fingerprint density at radius 3 is 2.68 bits per heavy atom. The van der Waals surface area contributed by atoms with Crippen molar-refractivity contribution in [2.45, 2.75) is 38.2 Å². The zero-order valence-corrected chi connectivity index (χ0v) is 15.5. The Balaban J connectivity index is 1.33. The topological polar surface area (TPSA) is 43.2 Å². The average molecular weight is 415 g/mol. The van der Waals surface area contributed by atoms with Gasteiger partial charge in [0.1, 0.15) is 23.6 Å². The molecule has 1 aliphatic heterocycles. The first-order valence-electron chi connectivity index (χ1n) is 8.77. The van der Waals surface area contributed by atoms with Crippen LogP contribution in [0.5, 0.6) is 5.75 Å². The van der Waals surface area contributed by atoms with Crippen molar-refractivity contribution in [3.8, 4) is 5.75 Å². The first-order valence-corrected chi connectivity index (χ1v) is 9.56. The van der Waals surface area contributed by atoms with Crippen LogP contribution in [0.1, 0.15) is 19.3 Å². The van der Waals surface area contributed by atoms with Gasteiger partial charge < -0.3 is 4.74 Å². The minimum Gasteiger partial charge on any atom is -0.492 e. The van der Waals surface area contributed by atoms with Gasteiger partial charge in [-0.05, 0) is 53.2 Å². The van der Waals surface area contributed by atoms with Crippen LogP contribution in [0.3, 0.4) is 0 Å². The number of halogens is 3. The Labute approximate surface area is 153 Å². The van der Waals surface area contributed by atoms with E-state index in [1.165, 1.54) is 12.8 Å². The van der Waals surface area contributed by atoms with Crippen molar-refractivity contribution in [2.24, 2.45) is 5.92 Å². The summed E-state index contributed by atoms with van der Waals surface area (Å²) in [6.45, 7) is 2.41. The number of ether oxygens (including phenoxy) is 1. The third-order valence-electron chi connectivity index (χ3n) is 4.85. The lowest BCUT2D eigenvalue weighted by Gasteiger charge is -2.14. The Morgan fingerprint density at radius 1 is 1.20 bits per heavy atom. The first-order chi connectivity index (χ1) is 12.1. The first kappa shape index (κ1) is 17.1. The minimum absolute atomic E-state index is 0.181. The maximum absolute atomic E-state index is 13.2. The predicted octanol–water partition coefficient (Wildman–Crippen LogP) is 3.36. The van der Waals surface area contributed by atoms with Gasteiger partial charge in [0.05, 0.1) is 16.6 Å². The fourth-order valence-corrected chi connectivity index (χ4v) is 3.76. The molecule has 0 bridgehead atoms. The highest BCUT2D eigenvalue weighted by Crippen LogP contribution is 2.34. The van der Waals surface area contributed by atoms with Gasteiger partial charge >= 0.3 is 0 Å². The van der Waals surface area contributed by atoms with Crippen LogP contribution in [0.2, 0.25) is 0 Å². The number of rotatable bonds is 7. The van der Waals surface area contributed by atoms with E-state index in [0.29, 0.717) is 13.2 Å². The maximum Gasteiger partial charge on any atom is 0.145 e. The van der Waals surface area contributed by atoms with Crippen LogP contribution in [-0.4, -0.2) is 58.5 Å². The van der Waals surface area contributed by atoms with Gasteiger partial charge in [-0.15, -0.1) is 5.10 Å². The molecule has 8 heteroatoms. The normalized spacial score (nSPS) is 24.3. The number of likely N-dealkylation sites (tertiary alicyclic amines) is 1. The molecule has 1 saturated heterocycles. The van der Waals surface area contributed by atoms with Gasteiger partial charge in [0, 0.05) is 26.2 Å². The van der Waals surface area contributed by atoms with E-state index in [2.05, 4.69) is 26.2 Å². The van der Waals surface area contributed by atoms with Gasteiger partial charge in [-0.25, -0.2) is 13.5 Å². The Hall–Kier alpha value is -1.28. The van der Waals surface area contributed by atoms with E-state index in [1.807, 2.05) is 16.8 Å². The molecular formula is C17H21BrF2N4O. The Morgan fingerprint density at radius 2 is 1.96 bits per heavy atom. The molecule has 4 rings (SSSR count). The van der Waals surface area contributed by atoms with Crippen molar-refractivity contribution < 1.29 is 13.5 Å². The minimum atomic E-state index is -1.35. The van der Waals surface area contributed by atoms with Gasteiger partial charge in [-0.2, -0.15) is 0 Å². The number of hydrogen-bond donors (Lipinski definition) is 0. The van der Waals surface area contributed by atoms with Crippen molar-refractivity contribution in [2.75, 3.05) is 26.2 Å². The molecular weight excluding hydrogens is 394 g/mol. The van der Waals surface area contributed by atoms with Gasteiger partial charge in [0.2, 0.25) is 0 Å². The summed E-state index contributed by atoms with van der Waals surface area (Å²) in [4.78, 5) is 1.81. The molecule has 0 amide bonds.